The summed E-state index contributed by atoms with van der Waals surface area (Å²) in [6, 6.07) is 5.38. The lowest BCUT2D eigenvalue weighted by Crippen LogP contribution is -2.37. The lowest BCUT2D eigenvalue weighted by atomic mass is 10.0. The molecule has 0 saturated heterocycles. The lowest BCUT2D eigenvalue weighted by Gasteiger charge is -2.21. The van der Waals surface area contributed by atoms with Gasteiger partial charge in [0.15, 0.2) is 0 Å². The zero-order chi connectivity index (χ0) is 16.0. The van der Waals surface area contributed by atoms with E-state index in [2.05, 4.69) is 23.9 Å². The predicted octanol–water partition coefficient (Wildman–Crippen LogP) is 2.82. The highest BCUT2D eigenvalue weighted by Crippen LogP contribution is 2.20. The van der Waals surface area contributed by atoms with Crippen LogP contribution in [0.2, 0.25) is 0 Å². The Bertz CT molecular complexity index is 555. The summed E-state index contributed by atoms with van der Waals surface area (Å²) in [5, 5.41) is 3.24. The van der Waals surface area contributed by atoms with Gasteiger partial charge in [0.1, 0.15) is 0 Å². The predicted molar refractivity (Wildman–Crippen MR) is 87.8 cm³/mol. The minimum atomic E-state index is -3.47. The van der Waals surface area contributed by atoms with Gasteiger partial charge in [0.05, 0.1) is 4.90 Å². The van der Waals surface area contributed by atoms with Gasteiger partial charge in [-0.1, -0.05) is 39.3 Å². The topological polar surface area (TPSA) is 58.2 Å². The molecule has 5 heteroatoms. The van der Waals surface area contributed by atoms with Gasteiger partial charge in [-0.2, -0.15) is 0 Å². The van der Waals surface area contributed by atoms with Crippen LogP contribution >= 0.6 is 0 Å². The Morgan fingerprint density at radius 3 is 2.43 bits per heavy atom. The Kier molecular flexibility index (Phi) is 6.84. The van der Waals surface area contributed by atoms with Crippen molar-refractivity contribution in [3.63, 3.8) is 0 Å². The van der Waals surface area contributed by atoms with Crippen molar-refractivity contribution in [3.05, 3.63) is 29.3 Å². The Morgan fingerprint density at radius 2 is 1.86 bits per heavy atom. The van der Waals surface area contributed by atoms with E-state index in [0.717, 1.165) is 24.1 Å². The molecule has 0 fully saturated rings. The van der Waals surface area contributed by atoms with Crippen molar-refractivity contribution in [3.8, 4) is 0 Å². The van der Waals surface area contributed by atoms with E-state index in [-0.39, 0.29) is 6.04 Å². The number of benzene rings is 1. The second kappa shape index (κ2) is 7.92. The molecule has 2 unspecified atom stereocenters. The van der Waals surface area contributed by atoms with Crippen molar-refractivity contribution >= 4 is 10.0 Å². The Morgan fingerprint density at radius 1 is 1.19 bits per heavy atom. The summed E-state index contributed by atoms with van der Waals surface area (Å²) in [6.45, 7) is 11.5. The van der Waals surface area contributed by atoms with E-state index < -0.39 is 10.0 Å². The van der Waals surface area contributed by atoms with Gasteiger partial charge in [0, 0.05) is 12.6 Å². The molecule has 1 rings (SSSR count). The normalized spacial score (nSPS) is 14.9. The quantitative estimate of drug-likeness (QED) is 0.776. The van der Waals surface area contributed by atoms with Crippen LogP contribution in [-0.2, 0) is 16.6 Å². The van der Waals surface area contributed by atoms with Crippen LogP contribution in [0.4, 0.5) is 0 Å². The van der Waals surface area contributed by atoms with Gasteiger partial charge in [-0.3, -0.25) is 0 Å². The van der Waals surface area contributed by atoms with Gasteiger partial charge in [-0.15, -0.1) is 0 Å². The largest absolute Gasteiger partial charge is 0.313 e. The highest BCUT2D eigenvalue weighted by atomic mass is 32.2. The molecule has 4 nitrogen and oxygen atoms in total. The molecular weight excluding hydrogens is 284 g/mol. The number of rotatable bonds is 8. The van der Waals surface area contributed by atoms with E-state index in [0.29, 0.717) is 17.4 Å². The van der Waals surface area contributed by atoms with Crippen molar-refractivity contribution in [1.82, 2.24) is 10.0 Å². The fourth-order valence-electron chi connectivity index (χ4n) is 2.18. The van der Waals surface area contributed by atoms with Gasteiger partial charge < -0.3 is 5.32 Å². The van der Waals surface area contributed by atoms with Crippen LogP contribution in [0.15, 0.2) is 23.1 Å². The van der Waals surface area contributed by atoms with Gasteiger partial charge in [0.2, 0.25) is 10.0 Å². The third kappa shape index (κ3) is 4.80. The summed E-state index contributed by atoms with van der Waals surface area (Å²) >= 11 is 0. The summed E-state index contributed by atoms with van der Waals surface area (Å²) in [4.78, 5) is 0.382. The molecule has 0 bridgehead atoms. The van der Waals surface area contributed by atoms with Crippen molar-refractivity contribution in [2.24, 2.45) is 5.92 Å². The number of hydrogen-bond donors (Lipinski definition) is 2. The maximum absolute atomic E-state index is 12.6. The first-order valence-electron chi connectivity index (χ1n) is 7.65. The van der Waals surface area contributed by atoms with E-state index in [1.165, 1.54) is 0 Å². The third-order valence-electron chi connectivity index (χ3n) is 4.09. The van der Waals surface area contributed by atoms with Crippen LogP contribution in [0.25, 0.3) is 0 Å². The third-order valence-corrected chi connectivity index (χ3v) is 5.79. The summed E-state index contributed by atoms with van der Waals surface area (Å²) < 4.78 is 28.0. The molecular formula is C16H28N2O2S. The van der Waals surface area contributed by atoms with Crippen LogP contribution < -0.4 is 10.0 Å². The highest BCUT2D eigenvalue weighted by Gasteiger charge is 2.22. The number of nitrogens with one attached hydrogen (secondary N) is 2. The van der Waals surface area contributed by atoms with Crippen molar-refractivity contribution in [1.29, 1.82) is 0 Å². The number of sulfonamides is 1. The van der Waals surface area contributed by atoms with Crippen molar-refractivity contribution in [2.75, 3.05) is 6.54 Å². The first kappa shape index (κ1) is 18.1. The molecule has 1 aromatic carbocycles. The Balaban J connectivity index is 3.03. The molecule has 0 aliphatic heterocycles. The zero-order valence-corrected chi connectivity index (χ0v) is 14.5. The molecule has 21 heavy (non-hydrogen) atoms. The van der Waals surface area contributed by atoms with E-state index in [1.54, 1.807) is 6.07 Å². The molecule has 0 aliphatic carbocycles. The smallest absolute Gasteiger partial charge is 0.241 e. The first-order chi connectivity index (χ1) is 9.83. The fraction of sp³-hybridized carbons (Fsp3) is 0.625. The lowest BCUT2D eigenvalue weighted by molar-refractivity contribution is 0.434. The van der Waals surface area contributed by atoms with Gasteiger partial charge in [0.25, 0.3) is 0 Å². The average Bonchev–Trinajstić information content (AvgIpc) is 2.44. The molecule has 2 atom stereocenters. The Labute approximate surface area is 129 Å². The molecule has 0 heterocycles. The minimum Gasteiger partial charge on any atom is -0.313 e. The number of hydrogen-bond acceptors (Lipinski definition) is 3. The first-order valence-corrected chi connectivity index (χ1v) is 9.13. The van der Waals surface area contributed by atoms with E-state index >= 15 is 0 Å². The maximum Gasteiger partial charge on any atom is 0.241 e. The van der Waals surface area contributed by atoms with Crippen LogP contribution in [0.1, 0.15) is 45.2 Å². The summed E-state index contributed by atoms with van der Waals surface area (Å²) in [5.41, 5.74) is 1.85. The molecule has 0 radical (unpaired) electrons. The van der Waals surface area contributed by atoms with Crippen LogP contribution in [0.5, 0.6) is 0 Å². The maximum atomic E-state index is 12.6. The summed E-state index contributed by atoms with van der Waals surface area (Å²) in [7, 11) is -3.47. The van der Waals surface area contributed by atoms with E-state index in [9.17, 15) is 8.42 Å². The van der Waals surface area contributed by atoms with Crippen LogP contribution in [0.3, 0.4) is 0 Å². The fourth-order valence-corrected chi connectivity index (χ4v) is 3.82. The summed E-state index contributed by atoms with van der Waals surface area (Å²) in [5.74, 6) is 0.310. The molecule has 0 amide bonds. The van der Waals surface area contributed by atoms with Crippen LogP contribution in [-0.4, -0.2) is 21.0 Å². The average molecular weight is 312 g/mol. The van der Waals surface area contributed by atoms with Gasteiger partial charge in [-0.25, -0.2) is 13.1 Å². The SMILES string of the molecule is CCNCc1cccc(S(=O)(=O)NC(C)C(C)CC)c1C. The molecule has 120 valence electrons. The van der Waals surface area contributed by atoms with Gasteiger partial charge >= 0.3 is 0 Å². The Hall–Kier alpha value is -0.910. The molecule has 0 spiro atoms. The molecule has 1 aromatic rings. The molecule has 0 saturated carbocycles. The van der Waals surface area contributed by atoms with Crippen molar-refractivity contribution in [2.45, 2.75) is 58.5 Å². The molecule has 0 aromatic heterocycles. The van der Waals surface area contributed by atoms with Crippen molar-refractivity contribution < 1.29 is 8.42 Å². The second-order valence-corrected chi connectivity index (χ2v) is 7.30. The standard InChI is InChI=1S/C16H28N2O2S/c1-6-12(3)14(5)18-21(19,20)16-10-8-9-15(13(16)4)11-17-7-2/h8-10,12,14,17-18H,6-7,11H2,1-5H3. The second-order valence-electron chi connectivity index (χ2n) is 5.62. The molecule has 0 aliphatic rings. The molecule has 2 N–H and O–H groups in total. The van der Waals surface area contributed by atoms with E-state index in [1.807, 2.05) is 32.9 Å². The zero-order valence-electron chi connectivity index (χ0n) is 13.7. The minimum absolute atomic E-state index is 0.0724. The highest BCUT2D eigenvalue weighted by molar-refractivity contribution is 7.89. The van der Waals surface area contributed by atoms with Gasteiger partial charge in [-0.05, 0) is 43.5 Å². The monoisotopic (exact) mass is 312 g/mol. The summed E-state index contributed by atoms with van der Waals surface area (Å²) in [6.07, 6.45) is 0.948. The van der Waals surface area contributed by atoms with E-state index in [4.69, 9.17) is 0 Å². The van der Waals surface area contributed by atoms with Crippen LogP contribution in [0, 0.1) is 12.8 Å².